The standard InChI is InChI=1S/C26H29Cl2NO3/c1-25-12-20(16-4-2-15(3-5-16)13-29-32)23-17-8-9-22(30)24(28)18(17)6-7-19(23)21(25)10-11-26(25,31)14-27/h2-5,13,19-21,31-32H,6-12,14H2,1H3/b29-13+/t19?,20-,21?,25+,26-/m1/s1. The van der Waals surface area contributed by atoms with Crippen LogP contribution in [0, 0.1) is 17.3 Å². The Morgan fingerprint density at radius 2 is 1.91 bits per heavy atom. The number of carbonyl (C=O) groups excluding carboxylic acids is 1. The molecule has 0 amide bonds. The van der Waals surface area contributed by atoms with E-state index in [0.717, 1.165) is 49.7 Å². The van der Waals surface area contributed by atoms with Gasteiger partial charge in [-0.15, -0.1) is 11.6 Å². The summed E-state index contributed by atoms with van der Waals surface area (Å²) in [6.45, 7) is 2.23. The minimum Gasteiger partial charge on any atom is -0.411 e. The summed E-state index contributed by atoms with van der Waals surface area (Å²) in [6, 6.07) is 8.11. The number of aliphatic hydroxyl groups is 1. The van der Waals surface area contributed by atoms with Crippen molar-refractivity contribution in [2.45, 2.75) is 63.4 Å². The van der Waals surface area contributed by atoms with Crippen molar-refractivity contribution in [2.75, 3.05) is 5.88 Å². The Kier molecular flexibility index (Phi) is 5.55. The number of alkyl halides is 1. The first-order valence-electron chi connectivity index (χ1n) is 11.5. The van der Waals surface area contributed by atoms with Crippen LogP contribution in [-0.2, 0) is 4.79 Å². The number of fused-ring (bicyclic) bond motifs is 4. The van der Waals surface area contributed by atoms with Gasteiger partial charge in [-0.1, -0.05) is 53.5 Å². The number of benzene rings is 1. The molecular weight excluding hydrogens is 445 g/mol. The largest absolute Gasteiger partial charge is 0.411 e. The number of ketones is 1. The Morgan fingerprint density at radius 1 is 1.16 bits per heavy atom. The molecule has 6 heteroatoms. The Balaban J connectivity index is 1.68. The summed E-state index contributed by atoms with van der Waals surface area (Å²) in [4.78, 5) is 12.3. The lowest BCUT2D eigenvalue weighted by Gasteiger charge is -2.54. The highest BCUT2D eigenvalue weighted by Gasteiger charge is 2.62. The summed E-state index contributed by atoms with van der Waals surface area (Å²) in [6.07, 6.45) is 6.97. The fourth-order valence-corrected chi connectivity index (χ4v) is 7.95. The Labute approximate surface area is 199 Å². The summed E-state index contributed by atoms with van der Waals surface area (Å²) >= 11 is 12.9. The van der Waals surface area contributed by atoms with Gasteiger partial charge < -0.3 is 10.3 Å². The molecule has 4 aliphatic carbocycles. The van der Waals surface area contributed by atoms with E-state index in [1.807, 2.05) is 12.1 Å². The number of hydrogen-bond donors (Lipinski definition) is 2. The van der Waals surface area contributed by atoms with Gasteiger partial charge in [-0.3, -0.25) is 4.79 Å². The van der Waals surface area contributed by atoms with Crippen molar-refractivity contribution < 1.29 is 15.1 Å². The average Bonchev–Trinajstić information content (AvgIpc) is 3.07. The van der Waals surface area contributed by atoms with Crippen molar-refractivity contribution in [1.29, 1.82) is 0 Å². The minimum absolute atomic E-state index is 0.0617. The molecular formula is C26H29Cl2NO3. The zero-order valence-corrected chi connectivity index (χ0v) is 19.8. The van der Waals surface area contributed by atoms with Crippen LogP contribution in [0.3, 0.4) is 0 Å². The second kappa shape index (κ2) is 8.00. The third kappa shape index (κ3) is 3.13. The number of nitrogens with zero attached hydrogens (tertiary/aromatic N) is 1. The molecule has 0 spiro atoms. The van der Waals surface area contributed by atoms with E-state index in [1.54, 1.807) is 0 Å². The second-order valence-electron chi connectivity index (χ2n) is 10.2. The first kappa shape index (κ1) is 22.2. The van der Waals surface area contributed by atoms with Gasteiger partial charge in [-0.05, 0) is 72.6 Å². The highest BCUT2D eigenvalue weighted by Crippen LogP contribution is 2.67. The number of carbonyl (C=O) groups is 1. The maximum absolute atomic E-state index is 12.3. The van der Waals surface area contributed by atoms with Crippen LogP contribution >= 0.6 is 23.2 Å². The summed E-state index contributed by atoms with van der Waals surface area (Å²) in [5.74, 6) is 1.20. The van der Waals surface area contributed by atoms with E-state index in [9.17, 15) is 9.90 Å². The molecule has 5 atom stereocenters. The van der Waals surface area contributed by atoms with E-state index in [0.29, 0.717) is 23.3 Å². The van der Waals surface area contributed by atoms with Crippen LogP contribution < -0.4 is 0 Å². The minimum atomic E-state index is -0.868. The van der Waals surface area contributed by atoms with Gasteiger partial charge in [0.25, 0.3) is 0 Å². The number of allylic oxidation sites excluding steroid dienone is 4. The van der Waals surface area contributed by atoms with E-state index in [4.69, 9.17) is 28.4 Å². The fraction of sp³-hybridized carbons (Fsp3) is 0.538. The van der Waals surface area contributed by atoms with E-state index in [-0.39, 0.29) is 23.0 Å². The zero-order valence-electron chi connectivity index (χ0n) is 18.3. The predicted molar refractivity (Wildman–Crippen MR) is 127 cm³/mol. The molecule has 2 fully saturated rings. The molecule has 4 aliphatic rings. The zero-order chi connectivity index (χ0) is 22.7. The highest BCUT2D eigenvalue weighted by atomic mass is 35.5. The molecule has 0 aliphatic heterocycles. The van der Waals surface area contributed by atoms with Crippen LogP contribution in [0.4, 0.5) is 0 Å². The van der Waals surface area contributed by atoms with Crippen molar-refractivity contribution in [1.82, 2.24) is 0 Å². The first-order chi connectivity index (χ1) is 15.3. The summed E-state index contributed by atoms with van der Waals surface area (Å²) < 4.78 is 0. The van der Waals surface area contributed by atoms with E-state index in [1.165, 1.54) is 22.9 Å². The van der Waals surface area contributed by atoms with Crippen molar-refractivity contribution in [2.24, 2.45) is 22.4 Å². The number of Topliss-reactive ketones (excluding diaryl/α,β-unsaturated/α-hetero) is 1. The molecule has 2 N–H and O–H groups in total. The van der Waals surface area contributed by atoms with Crippen LogP contribution in [0.25, 0.3) is 0 Å². The van der Waals surface area contributed by atoms with Crippen LogP contribution in [0.2, 0.25) is 0 Å². The third-order valence-electron chi connectivity index (χ3n) is 8.94. The lowest BCUT2D eigenvalue weighted by atomic mass is 9.51. The SMILES string of the molecule is C[C@]12C[C@H](c3ccc(/C=N/O)cc3)C3=C4CCC(=O)C(Cl)=C4CCC3C1CC[C@@]2(O)CCl. The summed E-state index contributed by atoms with van der Waals surface area (Å²) in [7, 11) is 0. The van der Waals surface area contributed by atoms with Gasteiger partial charge in [0, 0.05) is 17.8 Å². The lowest BCUT2D eigenvalue weighted by molar-refractivity contribution is -0.115. The number of rotatable bonds is 3. The molecule has 5 rings (SSSR count). The van der Waals surface area contributed by atoms with Crippen molar-refractivity contribution >= 4 is 35.2 Å². The Bertz CT molecular complexity index is 1040. The fourth-order valence-electron chi connectivity index (χ4n) is 7.21. The van der Waals surface area contributed by atoms with E-state index >= 15 is 0 Å². The second-order valence-corrected chi connectivity index (χ2v) is 10.8. The maximum atomic E-state index is 12.3. The van der Waals surface area contributed by atoms with Gasteiger partial charge >= 0.3 is 0 Å². The van der Waals surface area contributed by atoms with Crippen LogP contribution in [0.1, 0.15) is 68.9 Å². The molecule has 1 aromatic rings. The molecule has 32 heavy (non-hydrogen) atoms. The number of oxime groups is 1. The van der Waals surface area contributed by atoms with Crippen molar-refractivity contribution in [3.8, 4) is 0 Å². The van der Waals surface area contributed by atoms with Gasteiger partial charge in [0.05, 0.1) is 22.7 Å². The predicted octanol–water partition coefficient (Wildman–Crippen LogP) is 5.93. The normalized spacial score (nSPS) is 37.0. The molecule has 0 saturated heterocycles. The molecule has 0 heterocycles. The van der Waals surface area contributed by atoms with Gasteiger partial charge in [0.15, 0.2) is 5.78 Å². The number of hydrogen-bond acceptors (Lipinski definition) is 4. The highest BCUT2D eigenvalue weighted by molar-refractivity contribution is 6.43. The molecule has 4 nitrogen and oxygen atoms in total. The van der Waals surface area contributed by atoms with E-state index in [2.05, 4.69) is 24.2 Å². The van der Waals surface area contributed by atoms with Crippen molar-refractivity contribution in [3.05, 3.63) is 57.1 Å². The Hall–Kier alpha value is -1.62. The number of halogens is 2. The van der Waals surface area contributed by atoms with E-state index < -0.39 is 5.60 Å². The quantitative estimate of drug-likeness (QED) is 0.247. The van der Waals surface area contributed by atoms with Crippen molar-refractivity contribution in [3.63, 3.8) is 0 Å². The summed E-state index contributed by atoms with van der Waals surface area (Å²) in [5.41, 5.74) is 4.66. The van der Waals surface area contributed by atoms with Gasteiger partial charge in [-0.25, -0.2) is 0 Å². The monoisotopic (exact) mass is 473 g/mol. The van der Waals surface area contributed by atoms with Crippen LogP contribution in [0.5, 0.6) is 0 Å². The molecule has 0 aromatic heterocycles. The van der Waals surface area contributed by atoms with Gasteiger partial charge in [0.1, 0.15) is 0 Å². The average molecular weight is 474 g/mol. The third-order valence-corrected chi connectivity index (χ3v) is 9.82. The van der Waals surface area contributed by atoms with Gasteiger partial charge in [0.2, 0.25) is 0 Å². The summed E-state index contributed by atoms with van der Waals surface area (Å²) in [5, 5.41) is 24.0. The van der Waals surface area contributed by atoms with Crippen LogP contribution in [-0.4, -0.2) is 33.8 Å². The molecule has 0 radical (unpaired) electrons. The molecule has 170 valence electrons. The lowest BCUT2D eigenvalue weighted by Crippen LogP contribution is -2.52. The topological polar surface area (TPSA) is 69.9 Å². The molecule has 1 aromatic carbocycles. The smallest absolute Gasteiger partial charge is 0.174 e. The maximum Gasteiger partial charge on any atom is 0.174 e. The van der Waals surface area contributed by atoms with Gasteiger partial charge in [-0.2, -0.15) is 0 Å². The molecule has 2 unspecified atom stereocenters. The first-order valence-corrected chi connectivity index (χ1v) is 12.4. The van der Waals surface area contributed by atoms with Crippen LogP contribution in [0.15, 0.2) is 51.2 Å². The Morgan fingerprint density at radius 3 is 2.59 bits per heavy atom. The molecule has 0 bridgehead atoms. The molecule has 2 saturated carbocycles.